The van der Waals surface area contributed by atoms with E-state index >= 15 is 0 Å². The van der Waals surface area contributed by atoms with Gasteiger partial charge in [-0.05, 0) is 42.2 Å². The molecule has 0 fully saturated rings. The largest absolute Gasteiger partial charge is 0.491 e. The SMILES string of the molecule is Cc1ccc(C(=O)N(C)c2ccc3c(c2)B(O)OC3)cc1. The number of carbonyl (C=O) groups is 1. The first-order valence-electron chi connectivity index (χ1n) is 6.83. The maximum Gasteiger partial charge on any atom is 0.491 e. The van der Waals surface area contributed by atoms with Gasteiger partial charge in [0.15, 0.2) is 0 Å². The average Bonchev–Trinajstić information content (AvgIpc) is 2.87. The number of anilines is 1. The van der Waals surface area contributed by atoms with Gasteiger partial charge in [0.05, 0.1) is 6.61 Å². The van der Waals surface area contributed by atoms with E-state index in [4.69, 9.17) is 4.65 Å². The van der Waals surface area contributed by atoms with Crippen molar-refractivity contribution in [2.75, 3.05) is 11.9 Å². The van der Waals surface area contributed by atoms with Gasteiger partial charge in [0.2, 0.25) is 0 Å². The van der Waals surface area contributed by atoms with Crippen LogP contribution in [0.25, 0.3) is 0 Å². The van der Waals surface area contributed by atoms with Crippen LogP contribution in [-0.4, -0.2) is 25.1 Å². The molecule has 0 radical (unpaired) electrons. The van der Waals surface area contributed by atoms with Gasteiger partial charge in [-0.1, -0.05) is 23.8 Å². The number of hydrogen-bond acceptors (Lipinski definition) is 3. The Balaban J connectivity index is 1.88. The zero-order valence-electron chi connectivity index (χ0n) is 12.0. The zero-order chi connectivity index (χ0) is 15.0. The molecular formula is C16H16BNO3. The lowest BCUT2D eigenvalue weighted by Crippen LogP contribution is -2.31. The van der Waals surface area contributed by atoms with Crippen molar-refractivity contribution in [2.45, 2.75) is 13.5 Å². The second-order valence-electron chi connectivity index (χ2n) is 5.28. The molecule has 1 aliphatic rings. The average molecular weight is 281 g/mol. The maximum atomic E-state index is 12.5. The van der Waals surface area contributed by atoms with Crippen LogP contribution in [0.2, 0.25) is 0 Å². The summed E-state index contributed by atoms with van der Waals surface area (Å²) in [7, 11) is 0.828. The summed E-state index contributed by atoms with van der Waals surface area (Å²) in [6.07, 6.45) is 0. The minimum atomic E-state index is -0.900. The van der Waals surface area contributed by atoms with E-state index in [9.17, 15) is 9.82 Å². The Labute approximate surface area is 124 Å². The molecule has 1 aliphatic heterocycles. The van der Waals surface area contributed by atoms with Crippen LogP contribution in [0.1, 0.15) is 21.5 Å². The molecule has 1 heterocycles. The number of carbonyl (C=O) groups excluding carboxylic acids is 1. The van der Waals surface area contributed by atoms with Crippen molar-refractivity contribution < 1.29 is 14.5 Å². The Morgan fingerprint density at radius 1 is 1.24 bits per heavy atom. The van der Waals surface area contributed by atoms with Crippen LogP contribution in [0.15, 0.2) is 42.5 Å². The van der Waals surface area contributed by atoms with Gasteiger partial charge >= 0.3 is 7.12 Å². The van der Waals surface area contributed by atoms with Crippen LogP contribution >= 0.6 is 0 Å². The molecule has 1 N–H and O–H groups in total. The molecule has 3 rings (SSSR count). The van der Waals surface area contributed by atoms with Crippen LogP contribution in [0, 0.1) is 6.92 Å². The smallest absolute Gasteiger partial charge is 0.423 e. The number of hydrogen-bond donors (Lipinski definition) is 1. The highest BCUT2D eigenvalue weighted by atomic mass is 16.5. The second kappa shape index (κ2) is 5.35. The van der Waals surface area contributed by atoms with E-state index in [1.165, 1.54) is 0 Å². The third kappa shape index (κ3) is 2.58. The van der Waals surface area contributed by atoms with Crippen molar-refractivity contribution in [2.24, 2.45) is 0 Å². The first kappa shape index (κ1) is 13.9. The molecule has 21 heavy (non-hydrogen) atoms. The van der Waals surface area contributed by atoms with Crippen molar-refractivity contribution >= 4 is 24.2 Å². The van der Waals surface area contributed by atoms with Crippen molar-refractivity contribution in [1.82, 2.24) is 0 Å². The predicted molar refractivity (Wildman–Crippen MR) is 82.8 cm³/mol. The summed E-state index contributed by atoms with van der Waals surface area (Å²) < 4.78 is 5.17. The highest BCUT2D eigenvalue weighted by Gasteiger charge is 2.28. The molecule has 0 saturated heterocycles. The first-order chi connectivity index (χ1) is 10.1. The summed E-state index contributed by atoms with van der Waals surface area (Å²) in [5, 5.41) is 9.75. The zero-order valence-corrected chi connectivity index (χ0v) is 12.0. The highest BCUT2D eigenvalue weighted by Crippen LogP contribution is 2.19. The minimum Gasteiger partial charge on any atom is -0.423 e. The van der Waals surface area contributed by atoms with Crippen molar-refractivity contribution in [3.63, 3.8) is 0 Å². The monoisotopic (exact) mass is 281 g/mol. The van der Waals surface area contributed by atoms with Gasteiger partial charge in [0.1, 0.15) is 0 Å². The predicted octanol–water partition coefficient (Wildman–Crippen LogP) is 1.49. The summed E-state index contributed by atoms with van der Waals surface area (Å²) in [5.74, 6) is -0.0802. The first-order valence-corrected chi connectivity index (χ1v) is 6.83. The number of aryl methyl sites for hydroxylation is 1. The quantitative estimate of drug-likeness (QED) is 0.848. The molecule has 0 aromatic heterocycles. The van der Waals surface area contributed by atoms with Crippen molar-refractivity contribution in [3.05, 3.63) is 59.2 Å². The van der Waals surface area contributed by atoms with Gasteiger partial charge < -0.3 is 14.6 Å². The summed E-state index contributed by atoms with van der Waals surface area (Å²) in [6.45, 7) is 2.40. The van der Waals surface area contributed by atoms with Crippen LogP contribution in [0.5, 0.6) is 0 Å². The van der Waals surface area contributed by atoms with E-state index < -0.39 is 7.12 Å². The van der Waals surface area contributed by atoms with E-state index in [0.29, 0.717) is 12.2 Å². The van der Waals surface area contributed by atoms with Gasteiger partial charge in [-0.25, -0.2) is 0 Å². The Hall–Kier alpha value is -2.11. The number of fused-ring (bicyclic) bond motifs is 1. The van der Waals surface area contributed by atoms with Gasteiger partial charge in [0, 0.05) is 18.3 Å². The van der Waals surface area contributed by atoms with Gasteiger partial charge in [-0.3, -0.25) is 4.79 Å². The standard InChI is InChI=1S/C16H16BNO3/c1-11-3-5-12(6-4-11)16(19)18(2)14-8-7-13-10-21-17(20)15(13)9-14/h3-9,20H,10H2,1-2H3. The molecule has 0 aliphatic carbocycles. The number of amides is 1. The molecule has 0 unspecified atom stereocenters. The van der Waals surface area contributed by atoms with Gasteiger partial charge in [-0.15, -0.1) is 0 Å². The lowest BCUT2D eigenvalue weighted by Gasteiger charge is -2.18. The fourth-order valence-corrected chi connectivity index (χ4v) is 2.42. The van der Waals surface area contributed by atoms with Crippen molar-refractivity contribution in [3.8, 4) is 0 Å². The molecule has 2 aromatic carbocycles. The van der Waals surface area contributed by atoms with E-state index in [-0.39, 0.29) is 5.91 Å². The maximum absolute atomic E-state index is 12.5. The fraction of sp³-hybridized carbons (Fsp3) is 0.188. The number of rotatable bonds is 2. The van der Waals surface area contributed by atoms with E-state index in [1.54, 1.807) is 18.0 Å². The third-order valence-electron chi connectivity index (χ3n) is 3.78. The molecule has 0 bridgehead atoms. The van der Waals surface area contributed by atoms with Crippen molar-refractivity contribution in [1.29, 1.82) is 0 Å². The van der Waals surface area contributed by atoms with Crippen LogP contribution in [-0.2, 0) is 11.3 Å². The molecular weight excluding hydrogens is 265 g/mol. The van der Waals surface area contributed by atoms with E-state index in [1.807, 2.05) is 43.3 Å². The fourth-order valence-electron chi connectivity index (χ4n) is 2.42. The molecule has 0 atom stereocenters. The van der Waals surface area contributed by atoms with Crippen LogP contribution < -0.4 is 10.4 Å². The summed E-state index contributed by atoms with van der Waals surface area (Å²) >= 11 is 0. The summed E-state index contributed by atoms with van der Waals surface area (Å²) in [5.41, 5.74) is 4.19. The van der Waals surface area contributed by atoms with Gasteiger partial charge in [0.25, 0.3) is 5.91 Å². The normalized spacial score (nSPS) is 13.2. The lowest BCUT2D eigenvalue weighted by molar-refractivity contribution is 0.0993. The Morgan fingerprint density at radius 3 is 2.67 bits per heavy atom. The van der Waals surface area contributed by atoms with E-state index in [2.05, 4.69) is 0 Å². The Bertz CT molecular complexity index is 684. The highest BCUT2D eigenvalue weighted by molar-refractivity contribution is 6.61. The Morgan fingerprint density at radius 2 is 1.95 bits per heavy atom. The molecule has 106 valence electrons. The molecule has 1 amide bonds. The molecule has 0 spiro atoms. The number of nitrogens with zero attached hydrogens (tertiary/aromatic N) is 1. The summed E-state index contributed by atoms with van der Waals surface area (Å²) in [4.78, 5) is 14.0. The molecule has 4 nitrogen and oxygen atoms in total. The third-order valence-corrected chi connectivity index (χ3v) is 3.78. The van der Waals surface area contributed by atoms with Gasteiger partial charge in [-0.2, -0.15) is 0 Å². The van der Waals surface area contributed by atoms with E-state index in [0.717, 1.165) is 22.3 Å². The topological polar surface area (TPSA) is 49.8 Å². The Kier molecular flexibility index (Phi) is 3.53. The molecule has 2 aromatic rings. The lowest BCUT2D eigenvalue weighted by atomic mass is 9.79. The number of benzene rings is 2. The van der Waals surface area contributed by atoms with Crippen LogP contribution in [0.4, 0.5) is 5.69 Å². The second-order valence-corrected chi connectivity index (χ2v) is 5.28. The van der Waals surface area contributed by atoms with Crippen LogP contribution in [0.3, 0.4) is 0 Å². The molecule has 5 heteroatoms. The molecule has 0 saturated carbocycles. The minimum absolute atomic E-state index is 0.0802. The summed E-state index contributed by atoms with van der Waals surface area (Å²) in [6, 6.07) is 13.0.